The molecule has 2 aromatic rings. The van der Waals surface area contributed by atoms with Crippen LogP contribution in [0.15, 0.2) is 30.3 Å². The van der Waals surface area contributed by atoms with Crippen LogP contribution >= 0.6 is 23.2 Å². The highest BCUT2D eigenvalue weighted by molar-refractivity contribution is 6.39. The molecule has 3 aliphatic rings. The molecular weight excluding hydrogens is 503 g/mol. The third-order valence-corrected chi connectivity index (χ3v) is 9.20. The number of piperidine rings is 1. The van der Waals surface area contributed by atoms with Crippen molar-refractivity contribution in [3.63, 3.8) is 0 Å². The van der Waals surface area contributed by atoms with Crippen molar-refractivity contribution in [1.82, 2.24) is 15.1 Å². The average Bonchev–Trinajstić information content (AvgIpc) is 3.36. The van der Waals surface area contributed by atoms with Crippen molar-refractivity contribution in [3.8, 4) is 0 Å². The number of nitrogens with zero attached hydrogens (tertiary/aromatic N) is 3. The van der Waals surface area contributed by atoms with Gasteiger partial charge < -0.3 is 15.1 Å². The smallest absolute Gasteiger partial charge is 0.223 e. The fourth-order valence-corrected chi connectivity index (χ4v) is 6.88. The van der Waals surface area contributed by atoms with Crippen molar-refractivity contribution in [3.05, 3.63) is 62.6 Å². The molecule has 200 valence electrons. The Kier molecular flexibility index (Phi) is 8.65. The Labute approximate surface area is 232 Å². The van der Waals surface area contributed by atoms with Crippen LogP contribution in [0.4, 0.5) is 5.69 Å². The fraction of sp³-hybridized carbons (Fsp3) is 0.567. The largest absolute Gasteiger partial charge is 0.368 e. The van der Waals surface area contributed by atoms with Gasteiger partial charge in [0.2, 0.25) is 5.91 Å². The summed E-state index contributed by atoms with van der Waals surface area (Å²) in [5.74, 6) is 0.911. The molecule has 37 heavy (non-hydrogen) atoms. The van der Waals surface area contributed by atoms with E-state index in [0.29, 0.717) is 5.92 Å². The van der Waals surface area contributed by atoms with Crippen LogP contribution < -0.4 is 10.2 Å². The van der Waals surface area contributed by atoms with E-state index >= 15 is 0 Å². The molecule has 0 bridgehead atoms. The molecule has 0 spiro atoms. The van der Waals surface area contributed by atoms with E-state index in [9.17, 15) is 4.79 Å². The molecule has 2 aromatic carbocycles. The van der Waals surface area contributed by atoms with Gasteiger partial charge in [0.25, 0.3) is 0 Å². The summed E-state index contributed by atoms with van der Waals surface area (Å²) < 4.78 is 0. The highest BCUT2D eigenvalue weighted by Crippen LogP contribution is 2.40. The summed E-state index contributed by atoms with van der Waals surface area (Å²) in [7, 11) is 0. The van der Waals surface area contributed by atoms with Gasteiger partial charge in [-0.05, 0) is 100 Å². The van der Waals surface area contributed by atoms with Crippen LogP contribution in [0.5, 0.6) is 0 Å². The minimum atomic E-state index is 0.160. The first kappa shape index (κ1) is 26.8. The first-order valence-corrected chi connectivity index (χ1v) is 14.7. The zero-order valence-electron chi connectivity index (χ0n) is 22.2. The van der Waals surface area contributed by atoms with Crippen LogP contribution in [0.3, 0.4) is 0 Å². The number of carbonyl (C=O) groups excluding carboxylic acids is 1. The number of nitrogens with one attached hydrogen (secondary N) is 1. The maximum atomic E-state index is 12.7. The maximum Gasteiger partial charge on any atom is 0.223 e. The van der Waals surface area contributed by atoms with E-state index < -0.39 is 0 Å². The van der Waals surface area contributed by atoms with Gasteiger partial charge >= 0.3 is 0 Å². The third kappa shape index (κ3) is 6.27. The number of hydrogen-bond acceptors (Lipinski definition) is 4. The van der Waals surface area contributed by atoms with Crippen LogP contribution in [0.25, 0.3) is 0 Å². The second-order valence-corrected chi connectivity index (χ2v) is 12.0. The molecule has 3 heterocycles. The molecule has 3 saturated heterocycles. The highest BCUT2D eigenvalue weighted by atomic mass is 35.5. The lowest BCUT2D eigenvalue weighted by Crippen LogP contribution is -2.45. The van der Waals surface area contributed by atoms with Gasteiger partial charge in [0.05, 0.1) is 15.7 Å². The van der Waals surface area contributed by atoms with Gasteiger partial charge in [-0.3, -0.25) is 9.69 Å². The molecule has 0 aromatic heterocycles. The van der Waals surface area contributed by atoms with E-state index in [-0.39, 0.29) is 11.8 Å². The number of carbonyl (C=O) groups is 1. The molecule has 1 amide bonds. The number of anilines is 1. The normalized spacial score (nSPS) is 19.8. The van der Waals surface area contributed by atoms with Crippen LogP contribution in [-0.2, 0) is 11.3 Å². The molecule has 0 radical (unpaired) electrons. The SMILES string of the molecule is Cc1cc(C2CN(c3c(Cl)cccc3Cl)C2)cc(C)c1CN1CCC(C(=O)NCCN2CCCC2)CC1. The molecule has 7 heteroatoms. The summed E-state index contributed by atoms with van der Waals surface area (Å²) in [6, 6.07) is 10.5. The van der Waals surface area contributed by atoms with Crippen molar-refractivity contribution in [1.29, 1.82) is 0 Å². The number of aryl methyl sites for hydroxylation is 2. The van der Waals surface area contributed by atoms with Crippen LogP contribution in [0, 0.1) is 19.8 Å². The molecule has 0 atom stereocenters. The van der Waals surface area contributed by atoms with E-state index in [1.165, 1.54) is 48.2 Å². The lowest BCUT2D eigenvalue weighted by Gasteiger charge is -2.42. The maximum absolute atomic E-state index is 12.7. The Balaban J connectivity index is 1.10. The number of hydrogen-bond donors (Lipinski definition) is 1. The second kappa shape index (κ2) is 11.9. The standard InChI is InChI=1S/C30H40Cl2N4O/c1-21-16-24(25-18-36(19-25)29-27(31)6-5-7-28(29)32)17-22(2)26(21)20-35-13-8-23(9-14-35)30(37)33-10-15-34-11-3-4-12-34/h5-7,16-17,23,25H,3-4,8-15,18-20H2,1-2H3,(H,33,37). The quantitative estimate of drug-likeness (QED) is 0.468. The molecule has 5 rings (SSSR count). The van der Waals surface area contributed by atoms with Crippen molar-refractivity contribution >= 4 is 34.8 Å². The first-order valence-electron chi connectivity index (χ1n) is 13.9. The van der Waals surface area contributed by atoms with E-state index in [2.05, 4.69) is 46.0 Å². The van der Waals surface area contributed by atoms with Crippen molar-refractivity contribution in [2.75, 3.05) is 57.3 Å². The zero-order valence-corrected chi connectivity index (χ0v) is 23.8. The minimum absolute atomic E-state index is 0.160. The van der Waals surface area contributed by atoms with Crippen molar-refractivity contribution in [2.45, 2.75) is 52.0 Å². The molecule has 0 aliphatic carbocycles. The summed E-state index contributed by atoms with van der Waals surface area (Å²) in [6.07, 6.45) is 4.50. The number of halogens is 2. The van der Waals surface area contributed by atoms with Gasteiger partial charge in [-0.2, -0.15) is 0 Å². The summed E-state index contributed by atoms with van der Waals surface area (Å²) >= 11 is 12.8. The summed E-state index contributed by atoms with van der Waals surface area (Å²) in [5.41, 5.74) is 6.53. The van der Waals surface area contributed by atoms with Crippen LogP contribution in [0.2, 0.25) is 10.0 Å². The van der Waals surface area contributed by atoms with Crippen molar-refractivity contribution in [2.24, 2.45) is 5.92 Å². The number of amides is 1. The fourth-order valence-electron chi connectivity index (χ4n) is 6.24. The predicted octanol–water partition coefficient (Wildman–Crippen LogP) is 5.64. The molecule has 5 nitrogen and oxygen atoms in total. The van der Waals surface area contributed by atoms with Crippen LogP contribution in [0.1, 0.15) is 53.9 Å². The van der Waals surface area contributed by atoms with E-state index in [0.717, 1.165) is 74.4 Å². The number of likely N-dealkylation sites (tertiary alicyclic amines) is 2. The van der Waals surface area contributed by atoms with Gasteiger partial charge in [-0.25, -0.2) is 0 Å². The van der Waals surface area contributed by atoms with Gasteiger partial charge in [0.1, 0.15) is 0 Å². The molecule has 1 N–H and O–H groups in total. The monoisotopic (exact) mass is 542 g/mol. The molecule has 0 saturated carbocycles. The molecular formula is C30H40Cl2N4O. The van der Waals surface area contributed by atoms with Crippen LogP contribution in [-0.4, -0.2) is 68.1 Å². The Morgan fingerprint density at radius 3 is 2.19 bits per heavy atom. The van der Waals surface area contributed by atoms with Gasteiger partial charge in [-0.1, -0.05) is 41.4 Å². The van der Waals surface area contributed by atoms with E-state index in [4.69, 9.17) is 23.2 Å². The average molecular weight is 544 g/mol. The first-order chi connectivity index (χ1) is 17.9. The lowest BCUT2D eigenvalue weighted by atomic mass is 9.86. The summed E-state index contributed by atoms with van der Waals surface area (Å²) in [6.45, 7) is 13.5. The van der Waals surface area contributed by atoms with Gasteiger partial charge in [0, 0.05) is 44.6 Å². The van der Waals surface area contributed by atoms with Gasteiger partial charge in [-0.15, -0.1) is 0 Å². The van der Waals surface area contributed by atoms with E-state index in [1.807, 2.05) is 18.2 Å². The Morgan fingerprint density at radius 2 is 1.57 bits per heavy atom. The second-order valence-electron chi connectivity index (χ2n) is 11.2. The Morgan fingerprint density at radius 1 is 0.946 bits per heavy atom. The Hall–Kier alpha value is -1.79. The Bertz CT molecular complexity index is 1060. The zero-order chi connectivity index (χ0) is 25.9. The highest BCUT2D eigenvalue weighted by Gasteiger charge is 2.31. The number of benzene rings is 2. The molecule has 3 aliphatic heterocycles. The van der Waals surface area contributed by atoms with Crippen molar-refractivity contribution < 1.29 is 4.79 Å². The lowest BCUT2D eigenvalue weighted by molar-refractivity contribution is -0.126. The number of rotatable bonds is 8. The van der Waals surface area contributed by atoms with Gasteiger partial charge in [0.15, 0.2) is 0 Å². The summed E-state index contributed by atoms with van der Waals surface area (Å²) in [4.78, 5) is 19.9. The third-order valence-electron chi connectivity index (χ3n) is 8.59. The summed E-state index contributed by atoms with van der Waals surface area (Å²) in [5, 5.41) is 4.63. The molecule has 3 fully saturated rings. The minimum Gasteiger partial charge on any atom is -0.368 e. The predicted molar refractivity (Wildman–Crippen MR) is 154 cm³/mol. The number of para-hydroxylation sites is 1. The topological polar surface area (TPSA) is 38.8 Å². The molecule has 0 unspecified atom stereocenters. The van der Waals surface area contributed by atoms with E-state index in [1.54, 1.807) is 0 Å².